The molecule has 1 N–H and O–H groups in total. The fourth-order valence-electron chi connectivity index (χ4n) is 1.44. The van der Waals surface area contributed by atoms with Crippen molar-refractivity contribution in [1.29, 1.82) is 5.26 Å². The second-order valence-electron chi connectivity index (χ2n) is 3.62. The number of aliphatic imine (C=N–C) groups is 1. The van der Waals surface area contributed by atoms with Crippen LogP contribution in [0.5, 0.6) is 0 Å². The van der Waals surface area contributed by atoms with Gasteiger partial charge in [-0.15, -0.1) is 0 Å². The Bertz CT molecular complexity index is 431. The standard InChI is InChI=1S/C12H13N3S/c1-2-10-8-16-12(14-10)15-11-5-3-9(7-13)4-6-11/h3-6,10H,2,8H2,1H3,(H,14,15). The Hall–Kier alpha value is -1.47. The van der Waals surface area contributed by atoms with Crippen molar-refractivity contribution in [2.45, 2.75) is 19.4 Å². The fraction of sp³-hybridized carbons (Fsp3) is 0.333. The number of benzene rings is 1. The molecule has 1 aromatic rings. The highest BCUT2D eigenvalue weighted by molar-refractivity contribution is 8.14. The van der Waals surface area contributed by atoms with Crippen LogP contribution < -0.4 is 5.32 Å². The largest absolute Gasteiger partial charge is 0.335 e. The van der Waals surface area contributed by atoms with Gasteiger partial charge in [0, 0.05) is 11.4 Å². The molecular formula is C12H13N3S. The van der Waals surface area contributed by atoms with Crippen molar-refractivity contribution < 1.29 is 0 Å². The molecule has 0 spiro atoms. The molecule has 1 aromatic carbocycles. The summed E-state index contributed by atoms with van der Waals surface area (Å²) in [7, 11) is 0. The molecule has 82 valence electrons. The monoisotopic (exact) mass is 231 g/mol. The van der Waals surface area contributed by atoms with E-state index >= 15 is 0 Å². The molecule has 16 heavy (non-hydrogen) atoms. The van der Waals surface area contributed by atoms with Gasteiger partial charge >= 0.3 is 0 Å². The van der Waals surface area contributed by atoms with Gasteiger partial charge in [-0.3, -0.25) is 4.99 Å². The van der Waals surface area contributed by atoms with Crippen LogP contribution in [-0.2, 0) is 0 Å². The molecule has 3 nitrogen and oxygen atoms in total. The highest BCUT2D eigenvalue weighted by Gasteiger charge is 2.16. The summed E-state index contributed by atoms with van der Waals surface area (Å²) in [5.41, 5.74) is 1.67. The van der Waals surface area contributed by atoms with Crippen LogP contribution >= 0.6 is 11.8 Å². The lowest BCUT2D eigenvalue weighted by Crippen LogP contribution is -2.05. The van der Waals surface area contributed by atoms with Crippen LogP contribution in [0.3, 0.4) is 0 Å². The van der Waals surface area contributed by atoms with Gasteiger partial charge in [0.1, 0.15) is 0 Å². The van der Waals surface area contributed by atoms with E-state index in [1.807, 2.05) is 12.1 Å². The van der Waals surface area contributed by atoms with E-state index < -0.39 is 0 Å². The Morgan fingerprint density at radius 3 is 2.81 bits per heavy atom. The first kappa shape index (κ1) is 11.0. The predicted octanol–water partition coefficient (Wildman–Crippen LogP) is 2.85. The molecule has 1 aliphatic heterocycles. The van der Waals surface area contributed by atoms with Crippen molar-refractivity contribution in [3.05, 3.63) is 29.8 Å². The lowest BCUT2D eigenvalue weighted by molar-refractivity contribution is 0.738. The van der Waals surface area contributed by atoms with E-state index in [9.17, 15) is 0 Å². The van der Waals surface area contributed by atoms with E-state index in [-0.39, 0.29) is 0 Å². The number of amidine groups is 1. The molecule has 0 amide bonds. The minimum absolute atomic E-state index is 0.450. The van der Waals surface area contributed by atoms with Gasteiger partial charge in [0.15, 0.2) is 5.17 Å². The maximum Gasteiger partial charge on any atom is 0.161 e. The van der Waals surface area contributed by atoms with Crippen LogP contribution in [0.25, 0.3) is 0 Å². The van der Waals surface area contributed by atoms with Gasteiger partial charge in [-0.2, -0.15) is 5.26 Å². The second-order valence-corrected chi connectivity index (χ2v) is 4.63. The van der Waals surface area contributed by atoms with Crippen LogP contribution in [0.15, 0.2) is 29.3 Å². The zero-order valence-electron chi connectivity index (χ0n) is 9.10. The molecule has 0 bridgehead atoms. The van der Waals surface area contributed by atoms with Gasteiger partial charge in [-0.05, 0) is 30.7 Å². The molecule has 0 aromatic heterocycles. The molecular weight excluding hydrogens is 218 g/mol. The van der Waals surface area contributed by atoms with E-state index in [0.29, 0.717) is 11.6 Å². The van der Waals surface area contributed by atoms with Crippen molar-refractivity contribution in [3.63, 3.8) is 0 Å². The molecule has 0 saturated carbocycles. The van der Waals surface area contributed by atoms with Crippen molar-refractivity contribution in [1.82, 2.24) is 0 Å². The molecule has 4 heteroatoms. The Kier molecular flexibility index (Phi) is 3.47. The molecule has 0 aliphatic carbocycles. The van der Waals surface area contributed by atoms with Crippen molar-refractivity contribution in [2.75, 3.05) is 11.1 Å². The lowest BCUT2D eigenvalue weighted by Gasteiger charge is -2.04. The summed E-state index contributed by atoms with van der Waals surface area (Å²) in [4.78, 5) is 4.55. The smallest absolute Gasteiger partial charge is 0.161 e. The second kappa shape index (κ2) is 5.04. The van der Waals surface area contributed by atoms with Crippen molar-refractivity contribution >= 4 is 22.6 Å². The summed E-state index contributed by atoms with van der Waals surface area (Å²) in [5.74, 6) is 1.06. The third-order valence-electron chi connectivity index (χ3n) is 2.45. The number of anilines is 1. The van der Waals surface area contributed by atoms with Gasteiger partial charge in [-0.1, -0.05) is 18.7 Å². The molecule has 1 unspecified atom stereocenters. The summed E-state index contributed by atoms with van der Waals surface area (Å²) in [6, 6.07) is 9.97. The number of thioether (sulfide) groups is 1. The number of hydrogen-bond acceptors (Lipinski definition) is 4. The normalized spacial score (nSPS) is 19.0. The Balaban J connectivity index is 2.02. The summed E-state index contributed by atoms with van der Waals surface area (Å²) in [5, 5.41) is 12.9. The van der Waals surface area contributed by atoms with E-state index in [2.05, 4.69) is 23.3 Å². The van der Waals surface area contributed by atoms with Gasteiger partial charge in [0.25, 0.3) is 0 Å². The predicted molar refractivity (Wildman–Crippen MR) is 68.8 cm³/mol. The molecule has 1 heterocycles. The third-order valence-corrected chi connectivity index (χ3v) is 3.48. The topological polar surface area (TPSA) is 48.2 Å². The average Bonchev–Trinajstić information content (AvgIpc) is 2.78. The van der Waals surface area contributed by atoms with E-state index in [1.54, 1.807) is 23.9 Å². The number of nitriles is 1. The Morgan fingerprint density at radius 1 is 1.50 bits per heavy atom. The highest BCUT2D eigenvalue weighted by atomic mass is 32.2. The van der Waals surface area contributed by atoms with Gasteiger partial charge in [0.2, 0.25) is 0 Å². The molecule has 0 fully saturated rings. The Labute approximate surface area is 99.6 Å². The van der Waals surface area contributed by atoms with E-state index in [1.165, 1.54) is 0 Å². The summed E-state index contributed by atoms with van der Waals surface area (Å²) >= 11 is 1.75. The van der Waals surface area contributed by atoms with E-state index in [0.717, 1.165) is 23.0 Å². The molecule has 2 rings (SSSR count). The third kappa shape index (κ3) is 2.56. The lowest BCUT2D eigenvalue weighted by atomic mass is 10.2. The van der Waals surface area contributed by atoms with Gasteiger partial charge < -0.3 is 5.32 Å². The van der Waals surface area contributed by atoms with Gasteiger partial charge in [0.05, 0.1) is 17.7 Å². The minimum atomic E-state index is 0.450. The summed E-state index contributed by atoms with van der Waals surface area (Å²) < 4.78 is 0. The SMILES string of the molecule is CCC1CSC(Nc2ccc(C#N)cc2)=N1. The van der Waals surface area contributed by atoms with Crippen LogP contribution in [0.1, 0.15) is 18.9 Å². The van der Waals surface area contributed by atoms with E-state index in [4.69, 9.17) is 5.26 Å². The maximum atomic E-state index is 8.68. The number of nitrogens with zero attached hydrogens (tertiary/aromatic N) is 2. The fourth-order valence-corrected chi connectivity index (χ4v) is 2.52. The first-order valence-electron chi connectivity index (χ1n) is 5.29. The number of rotatable bonds is 2. The first-order valence-corrected chi connectivity index (χ1v) is 6.28. The summed E-state index contributed by atoms with van der Waals surface area (Å²) in [6.45, 7) is 2.15. The quantitative estimate of drug-likeness (QED) is 0.851. The first-order chi connectivity index (χ1) is 7.81. The zero-order chi connectivity index (χ0) is 11.4. The van der Waals surface area contributed by atoms with Crippen LogP contribution in [0.2, 0.25) is 0 Å². The van der Waals surface area contributed by atoms with Crippen molar-refractivity contribution in [2.24, 2.45) is 4.99 Å². The Morgan fingerprint density at radius 2 is 2.25 bits per heavy atom. The maximum absolute atomic E-state index is 8.68. The zero-order valence-corrected chi connectivity index (χ0v) is 9.92. The number of nitrogens with one attached hydrogen (secondary N) is 1. The highest BCUT2D eigenvalue weighted by Crippen LogP contribution is 2.21. The minimum Gasteiger partial charge on any atom is -0.335 e. The van der Waals surface area contributed by atoms with Crippen molar-refractivity contribution in [3.8, 4) is 6.07 Å². The molecule has 0 radical (unpaired) electrons. The number of hydrogen-bond donors (Lipinski definition) is 1. The molecule has 1 aliphatic rings. The van der Waals surface area contributed by atoms with Crippen LogP contribution in [0, 0.1) is 11.3 Å². The average molecular weight is 231 g/mol. The summed E-state index contributed by atoms with van der Waals surface area (Å²) in [6.07, 6.45) is 1.09. The van der Waals surface area contributed by atoms with Gasteiger partial charge in [-0.25, -0.2) is 0 Å². The molecule has 1 atom stereocenters. The molecule has 0 saturated heterocycles. The van der Waals surface area contributed by atoms with Crippen LogP contribution in [0.4, 0.5) is 5.69 Å². The van der Waals surface area contributed by atoms with Crippen LogP contribution in [-0.4, -0.2) is 17.0 Å².